The van der Waals surface area contributed by atoms with Crippen molar-refractivity contribution in [3.8, 4) is 11.4 Å². The van der Waals surface area contributed by atoms with Gasteiger partial charge in [-0.3, -0.25) is 9.89 Å². The van der Waals surface area contributed by atoms with E-state index in [0.29, 0.717) is 23.2 Å². The van der Waals surface area contributed by atoms with E-state index < -0.39 is 0 Å². The second kappa shape index (κ2) is 6.29. The molecule has 4 rings (SSSR count). The van der Waals surface area contributed by atoms with Gasteiger partial charge in [-0.2, -0.15) is 5.10 Å². The normalized spacial score (nSPS) is 26.0. The molecule has 1 amide bonds. The second-order valence-corrected chi connectivity index (χ2v) is 6.29. The van der Waals surface area contributed by atoms with E-state index in [0.717, 1.165) is 31.5 Å². The summed E-state index contributed by atoms with van der Waals surface area (Å²) >= 11 is 0. The molecule has 6 nitrogen and oxygen atoms in total. The van der Waals surface area contributed by atoms with E-state index in [1.165, 1.54) is 6.33 Å². The Labute approximate surface area is 140 Å². The van der Waals surface area contributed by atoms with Crippen LogP contribution in [0.2, 0.25) is 0 Å². The number of nitrogens with one attached hydrogen (secondary N) is 1. The van der Waals surface area contributed by atoms with Crippen molar-refractivity contribution in [2.24, 2.45) is 17.6 Å². The third-order valence-corrected chi connectivity index (χ3v) is 5.00. The first-order valence-electron chi connectivity index (χ1n) is 7.73. The molecule has 1 aliphatic heterocycles. The van der Waals surface area contributed by atoms with Crippen LogP contribution < -0.4 is 5.73 Å². The highest BCUT2D eigenvalue weighted by molar-refractivity contribution is 5.95. The molecule has 2 fully saturated rings. The summed E-state index contributed by atoms with van der Waals surface area (Å²) in [6.07, 6.45) is 3.71. The summed E-state index contributed by atoms with van der Waals surface area (Å²) in [5, 5.41) is 6.68. The smallest absolute Gasteiger partial charge is 0.253 e. The fraction of sp³-hybridized carbons (Fsp3) is 0.438. The zero-order chi connectivity index (χ0) is 15.1. The molecule has 122 valence electrons. The number of likely N-dealkylation sites (tertiary alicyclic amines) is 1. The predicted molar refractivity (Wildman–Crippen MR) is 89.2 cm³/mol. The maximum absolute atomic E-state index is 12.7. The second-order valence-electron chi connectivity index (χ2n) is 6.29. The van der Waals surface area contributed by atoms with Crippen LogP contribution in [0.1, 0.15) is 23.2 Å². The highest BCUT2D eigenvalue weighted by Crippen LogP contribution is 2.37. The lowest BCUT2D eigenvalue weighted by Crippen LogP contribution is -2.33. The summed E-state index contributed by atoms with van der Waals surface area (Å²) in [4.78, 5) is 18.8. The third-order valence-electron chi connectivity index (χ3n) is 5.00. The van der Waals surface area contributed by atoms with Crippen molar-refractivity contribution in [2.45, 2.75) is 18.9 Å². The topological polar surface area (TPSA) is 87.9 Å². The van der Waals surface area contributed by atoms with Crippen LogP contribution >= 0.6 is 12.4 Å². The number of hydrogen-bond acceptors (Lipinski definition) is 4. The van der Waals surface area contributed by atoms with E-state index in [1.807, 2.05) is 29.2 Å². The molecule has 3 atom stereocenters. The number of fused-ring (bicyclic) bond motifs is 1. The lowest BCUT2D eigenvalue weighted by Gasteiger charge is -2.19. The van der Waals surface area contributed by atoms with Gasteiger partial charge >= 0.3 is 0 Å². The van der Waals surface area contributed by atoms with Gasteiger partial charge in [-0.25, -0.2) is 4.98 Å². The molecule has 3 N–H and O–H groups in total. The number of aromatic amines is 1. The molecule has 0 radical (unpaired) electrons. The Balaban J connectivity index is 0.00000156. The van der Waals surface area contributed by atoms with Crippen LogP contribution in [0.3, 0.4) is 0 Å². The molecule has 0 bridgehead atoms. The van der Waals surface area contributed by atoms with Crippen LogP contribution in [0.15, 0.2) is 30.6 Å². The number of halogens is 1. The van der Waals surface area contributed by atoms with Gasteiger partial charge < -0.3 is 10.6 Å². The summed E-state index contributed by atoms with van der Waals surface area (Å²) in [5.74, 6) is 1.82. The van der Waals surface area contributed by atoms with E-state index in [4.69, 9.17) is 5.73 Å². The van der Waals surface area contributed by atoms with Gasteiger partial charge in [0, 0.05) is 30.3 Å². The molecule has 0 spiro atoms. The van der Waals surface area contributed by atoms with Gasteiger partial charge in [0.15, 0.2) is 5.82 Å². The molecule has 1 aliphatic carbocycles. The number of amides is 1. The van der Waals surface area contributed by atoms with Gasteiger partial charge in [-0.1, -0.05) is 12.1 Å². The first-order valence-corrected chi connectivity index (χ1v) is 7.73. The van der Waals surface area contributed by atoms with Crippen LogP contribution in [-0.4, -0.2) is 45.1 Å². The minimum Gasteiger partial charge on any atom is -0.338 e. The highest BCUT2D eigenvalue weighted by atomic mass is 35.5. The van der Waals surface area contributed by atoms with Crippen molar-refractivity contribution < 1.29 is 4.79 Å². The van der Waals surface area contributed by atoms with Crippen molar-refractivity contribution in [1.29, 1.82) is 0 Å². The Bertz CT molecular complexity index is 690. The Kier molecular flexibility index (Phi) is 4.37. The van der Waals surface area contributed by atoms with Gasteiger partial charge in [-0.05, 0) is 36.8 Å². The van der Waals surface area contributed by atoms with E-state index in [-0.39, 0.29) is 24.4 Å². The summed E-state index contributed by atoms with van der Waals surface area (Å²) in [6, 6.07) is 7.79. The molecule has 23 heavy (non-hydrogen) atoms. The lowest BCUT2D eigenvalue weighted by molar-refractivity contribution is 0.0779. The number of hydrogen-bond donors (Lipinski definition) is 2. The van der Waals surface area contributed by atoms with E-state index >= 15 is 0 Å². The number of carbonyl (C=O) groups excluding carboxylic acids is 1. The molecule has 3 unspecified atom stereocenters. The summed E-state index contributed by atoms with van der Waals surface area (Å²) in [6.45, 7) is 1.63. The van der Waals surface area contributed by atoms with Gasteiger partial charge in [0.05, 0.1) is 0 Å². The predicted octanol–water partition coefficient (Wildman–Crippen LogP) is 1.70. The van der Waals surface area contributed by atoms with E-state index in [2.05, 4.69) is 15.2 Å². The average molecular weight is 334 g/mol. The Hall–Kier alpha value is -1.92. The number of aromatic nitrogens is 3. The molecule has 2 aromatic rings. The van der Waals surface area contributed by atoms with Crippen molar-refractivity contribution >= 4 is 18.3 Å². The maximum Gasteiger partial charge on any atom is 0.253 e. The molecule has 1 aromatic carbocycles. The standard InChI is InChI=1S/C16H19N5O.ClH/c17-14-5-4-12-7-21(8-13(12)14)16(22)11-3-1-2-10(6-11)15-18-9-19-20-15;/h1-3,6,9,12-14H,4-5,7-8,17H2,(H,18,19,20);1H. The minimum absolute atomic E-state index is 0. The Morgan fingerprint density at radius 3 is 2.91 bits per heavy atom. The van der Waals surface area contributed by atoms with E-state index in [1.54, 1.807) is 0 Å². The number of rotatable bonds is 2. The van der Waals surface area contributed by atoms with Gasteiger partial charge in [0.2, 0.25) is 0 Å². The molecule has 7 heteroatoms. The fourth-order valence-corrected chi connectivity index (χ4v) is 3.80. The minimum atomic E-state index is 0. The molecular weight excluding hydrogens is 314 g/mol. The first kappa shape index (κ1) is 16.0. The fourth-order valence-electron chi connectivity index (χ4n) is 3.80. The third kappa shape index (κ3) is 2.84. The van der Waals surface area contributed by atoms with Gasteiger partial charge in [-0.15, -0.1) is 12.4 Å². The number of benzene rings is 1. The average Bonchev–Trinajstić information content (AvgIpc) is 3.25. The van der Waals surface area contributed by atoms with E-state index in [9.17, 15) is 4.79 Å². The van der Waals surface area contributed by atoms with Crippen molar-refractivity contribution in [3.63, 3.8) is 0 Å². The Morgan fingerprint density at radius 1 is 1.30 bits per heavy atom. The number of carbonyl (C=O) groups is 1. The highest BCUT2D eigenvalue weighted by Gasteiger charge is 2.42. The van der Waals surface area contributed by atoms with Crippen LogP contribution in [0, 0.1) is 11.8 Å². The van der Waals surface area contributed by atoms with Gasteiger partial charge in [0.25, 0.3) is 5.91 Å². The van der Waals surface area contributed by atoms with Crippen LogP contribution in [0.25, 0.3) is 11.4 Å². The monoisotopic (exact) mass is 333 g/mol. The summed E-state index contributed by atoms with van der Waals surface area (Å²) in [5.41, 5.74) is 7.72. The van der Waals surface area contributed by atoms with Crippen molar-refractivity contribution in [3.05, 3.63) is 36.2 Å². The number of H-pyrrole nitrogens is 1. The zero-order valence-electron chi connectivity index (χ0n) is 12.7. The lowest BCUT2D eigenvalue weighted by atomic mass is 9.98. The Morgan fingerprint density at radius 2 is 2.17 bits per heavy atom. The first-order chi connectivity index (χ1) is 10.7. The quantitative estimate of drug-likeness (QED) is 0.875. The van der Waals surface area contributed by atoms with Crippen LogP contribution in [0.4, 0.5) is 0 Å². The molecule has 2 aliphatic rings. The molecule has 1 aromatic heterocycles. The number of nitrogens with two attached hydrogens (primary N) is 1. The molecule has 1 saturated heterocycles. The van der Waals surface area contributed by atoms with Crippen LogP contribution in [-0.2, 0) is 0 Å². The number of nitrogens with zero attached hydrogens (tertiary/aromatic N) is 3. The van der Waals surface area contributed by atoms with Gasteiger partial charge in [0.1, 0.15) is 6.33 Å². The summed E-state index contributed by atoms with van der Waals surface area (Å²) in [7, 11) is 0. The molecule has 2 heterocycles. The molecular formula is C16H20ClN5O. The zero-order valence-corrected chi connectivity index (χ0v) is 13.5. The van der Waals surface area contributed by atoms with Crippen LogP contribution in [0.5, 0.6) is 0 Å². The summed E-state index contributed by atoms with van der Waals surface area (Å²) < 4.78 is 0. The maximum atomic E-state index is 12.7. The molecule has 1 saturated carbocycles. The van der Waals surface area contributed by atoms with Crippen molar-refractivity contribution in [1.82, 2.24) is 20.1 Å². The SMILES string of the molecule is Cl.NC1CCC2CN(C(=O)c3cccc(-c4ncn[nH]4)c3)CC12. The van der Waals surface area contributed by atoms with Crippen molar-refractivity contribution in [2.75, 3.05) is 13.1 Å². The largest absolute Gasteiger partial charge is 0.338 e.